The van der Waals surface area contributed by atoms with Crippen molar-refractivity contribution in [2.24, 2.45) is 5.10 Å². The van der Waals surface area contributed by atoms with Gasteiger partial charge in [-0.15, -0.1) is 0 Å². The Hall–Kier alpha value is -2.35. The van der Waals surface area contributed by atoms with Gasteiger partial charge in [0, 0.05) is 24.0 Å². The average molecular weight is 365 g/mol. The summed E-state index contributed by atoms with van der Waals surface area (Å²) in [6.45, 7) is 0. The third kappa shape index (κ3) is 5.57. The van der Waals surface area contributed by atoms with Crippen LogP contribution in [0.1, 0.15) is 5.69 Å². The zero-order valence-electron chi connectivity index (χ0n) is 11.1. The standard InChI is InChI=1S/C13H11N5O2S.Cu/c19-18(20)12-6-4-10(5-7-12)16-13(21)17-15-9-11-3-1-2-8-14-11;/h1-9H,(H2,16,17,21);/q;+2. The molecule has 2 N–H and O–H groups in total. The quantitative estimate of drug-likeness (QED) is 0.284. The minimum absolute atomic E-state index is 0. The number of hydrazone groups is 1. The monoisotopic (exact) mass is 364 g/mol. The molecule has 1 aromatic carbocycles. The molecule has 0 aliphatic carbocycles. The molecular weight excluding hydrogens is 354 g/mol. The fraction of sp³-hybridized carbons (Fsp3) is 0. The first-order valence-corrected chi connectivity index (χ1v) is 6.31. The number of thiocarbonyl (C=S) groups is 1. The normalized spacial score (nSPS) is 9.82. The predicted octanol–water partition coefficient (Wildman–Crippen LogP) is 2.31. The first-order chi connectivity index (χ1) is 10.1. The Morgan fingerprint density at radius 1 is 1.27 bits per heavy atom. The number of nitro benzene ring substituents is 1. The molecule has 0 saturated heterocycles. The van der Waals surface area contributed by atoms with Crippen LogP contribution in [0.3, 0.4) is 0 Å². The third-order valence-electron chi connectivity index (χ3n) is 2.39. The van der Waals surface area contributed by atoms with Crippen LogP contribution in [0.25, 0.3) is 0 Å². The molecule has 1 heterocycles. The van der Waals surface area contributed by atoms with Crippen molar-refractivity contribution in [3.8, 4) is 0 Å². The van der Waals surface area contributed by atoms with Gasteiger partial charge in [0.25, 0.3) is 5.69 Å². The van der Waals surface area contributed by atoms with Crippen molar-refractivity contribution in [1.29, 1.82) is 0 Å². The smallest absolute Gasteiger partial charge is 0.331 e. The second-order valence-corrected chi connectivity index (χ2v) is 4.29. The molecule has 2 aromatic rings. The van der Waals surface area contributed by atoms with Crippen LogP contribution in [0.15, 0.2) is 53.8 Å². The van der Waals surface area contributed by atoms with Gasteiger partial charge in [0.05, 0.1) is 16.8 Å². The maximum absolute atomic E-state index is 10.5. The van der Waals surface area contributed by atoms with Crippen molar-refractivity contribution < 1.29 is 22.0 Å². The van der Waals surface area contributed by atoms with E-state index in [-0.39, 0.29) is 27.9 Å². The average Bonchev–Trinajstić information content (AvgIpc) is 2.49. The minimum atomic E-state index is -0.461. The van der Waals surface area contributed by atoms with E-state index >= 15 is 0 Å². The molecule has 0 amide bonds. The van der Waals surface area contributed by atoms with E-state index in [1.165, 1.54) is 18.3 Å². The van der Waals surface area contributed by atoms with E-state index in [9.17, 15) is 10.1 Å². The Morgan fingerprint density at radius 2 is 2.00 bits per heavy atom. The van der Waals surface area contributed by atoms with E-state index < -0.39 is 4.92 Å². The number of anilines is 1. The molecule has 1 aromatic heterocycles. The largest absolute Gasteiger partial charge is 2.00 e. The van der Waals surface area contributed by atoms with Crippen molar-refractivity contribution >= 4 is 34.9 Å². The van der Waals surface area contributed by atoms with Gasteiger partial charge in [-0.2, -0.15) is 5.10 Å². The Labute approximate surface area is 142 Å². The molecule has 9 heteroatoms. The zero-order valence-corrected chi connectivity index (χ0v) is 12.8. The van der Waals surface area contributed by atoms with Gasteiger partial charge in [-0.25, -0.2) is 0 Å². The van der Waals surface area contributed by atoms with Crippen LogP contribution in [0.4, 0.5) is 11.4 Å². The van der Waals surface area contributed by atoms with Crippen LogP contribution in [-0.4, -0.2) is 21.2 Å². The Bertz CT molecular complexity index is 664. The molecule has 0 unspecified atom stereocenters. The molecule has 0 aliphatic heterocycles. The van der Waals surface area contributed by atoms with Crippen molar-refractivity contribution in [2.45, 2.75) is 0 Å². The summed E-state index contributed by atoms with van der Waals surface area (Å²) in [4.78, 5) is 14.1. The van der Waals surface area contributed by atoms with Crippen molar-refractivity contribution in [3.63, 3.8) is 0 Å². The van der Waals surface area contributed by atoms with E-state index in [0.29, 0.717) is 11.4 Å². The molecule has 115 valence electrons. The summed E-state index contributed by atoms with van der Waals surface area (Å²) in [7, 11) is 0. The Balaban J connectivity index is 0.00000242. The number of nitrogens with zero attached hydrogens (tertiary/aromatic N) is 3. The predicted molar refractivity (Wildman–Crippen MR) is 84.3 cm³/mol. The molecule has 22 heavy (non-hydrogen) atoms. The fourth-order valence-electron chi connectivity index (χ4n) is 1.43. The molecule has 0 fully saturated rings. The van der Waals surface area contributed by atoms with Gasteiger partial charge >= 0.3 is 17.1 Å². The summed E-state index contributed by atoms with van der Waals surface area (Å²) < 4.78 is 0. The molecule has 7 nitrogen and oxygen atoms in total. The fourth-order valence-corrected chi connectivity index (χ4v) is 1.61. The molecule has 1 radical (unpaired) electrons. The molecule has 0 atom stereocenters. The number of non-ortho nitro benzene ring substituents is 1. The van der Waals surface area contributed by atoms with Crippen molar-refractivity contribution in [3.05, 3.63) is 64.5 Å². The van der Waals surface area contributed by atoms with Crippen LogP contribution in [0, 0.1) is 10.1 Å². The summed E-state index contributed by atoms with van der Waals surface area (Å²) >= 11 is 5.05. The summed E-state index contributed by atoms with van der Waals surface area (Å²) in [6, 6.07) is 11.4. The van der Waals surface area contributed by atoms with E-state index in [1.807, 2.05) is 12.1 Å². The summed E-state index contributed by atoms with van der Waals surface area (Å²) in [5, 5.41) is 17.6. The number of rotatable bonds is 4. The van der Waals surface area contributed by atoms with Crippen LogP contribution in [0.2, 0.25) is 0 Å². The van der Waals surface area contributed by atoms with Crippen molar-refractivity contribution in [1.82, 2.24) is 10.4 Å². The number of hydrogen-bond donors (Lipinski definition) is 2. The van der Waals surface area contributed by atoms with E-state index in [2.05, 4.69) is 20.8 Å². The minimum Gasteiger partial charge on any atom is -0.331 e. The molecule has 0 saturated carbocycles. The van der Waals surface area contributed by atoms with Crippen LogP contribution in [-0.2, 0) is 17.1 Å². The van der Waals surface area contributed by atoms with Gasteiger partial charge in [-0.05, 0) is 36.5 Å². The molecule has 0 spiro atoms. The third-order valence-corrected chi connectivity index (χ3v) is 2.58. The van der Waals surface area contributed by atoms with E-state index in [4.69, 9.17) is 12.2 Å². The molecule has 2 rings (SSSR count). The first-order valence-electron chi connectivity index (χ1n) is 5.91. The van der Waals surface area contributed by atoms with Gasteiger partial charge in [0.1, 0.15) is 0 Å². The first kappa shape index (κ1) is 17.7. The van der Waals surface area contributed by atoms with Crippen LogP contribution < -0.4 is 10.7 Å². The van der Waals surface area contributed by atoms with E-state index in [1.54, 1.807) is 24.4 Å². The number of aromatic nitrogens is 1. The van der Waals surface area contributed by atoms with Gasteiger partial charge in [0.15, 0.2) is 5.11 Å². The topological polar surface area (TPSA) is 92.5 Å². The maximum Gasteiger partial charge on any atom is 2.00 e. The second-order valence-electron chi connectivity index (χ2n) is 3.88. The molecule has 0 bridgehead atoms. The van der Waals surface area contributed by atoms with Crippen LogP contribution in [0.5, 0.6) is 0 Å². The maximum atomic E-state index is 10.5. The molecular formula is C13H11CuN5O2S+2. The van der Waals surface area contributed by atoms with Gasteiger partial charge in [-0.3, -0.25) is 20.5 Å². The Morgan fingerprint density at radius 3 is 2.59 bits per heavy atom. The van der Waals surface area contributed by atoms with Gasteiger partial charge in [0.2, 0.25) is 0 Å². The summed E-state index contributed by atoms with van der Waals surface area (Å²) in [6.07, 6.45) is 3.19. The van der Waals surface area contributed by atoms with Gasteiger partial charge in [-0.1, -0.05) is 6.07 Å². The summed E-state index contributed by atoms with van der Waals surface area (Å²) in [5.41, 5.74) is 3.98. The number of nitrogens with one attached hydrogen (secondary N) is 2. The number of nitro groups is 1. The number of pyridine rings is 1. The number of hydrogen-bond acceptors (Lipinski definition) is 5. The summed E-state index contributed by atoms with van der Waals surface area (Å²) in [5.74, 6) is 0. The van der Waals surface area contributed by atoms with Crippen LogP contribution >= 0.6 is 12.2 Å². The SMILES string of the molecule is O=[N+]([O-])c1ccc(NC(=S)NN=Cc2ccccn2)cc1.[Cu+2]. The van der Waals surface area contributed by atoms with Gasteiger partial charge < -0.3 is 5.32 Å². The molecule has 0 aliphatic rings. The number of benzene rings is 1. The van der Waals surface area contributed by atoms with Crippen molar-refractivity contribution in [2.75, 3.05) is 5.32 Å². The Kier molecular flexibility index (Phi) is 7.10. The van der Waals surface area contributed by atoms with E-state index in [0.717, 1.165) is 0 Å². The zero-order chi connectivity index (χ0) is 15.1. The second kappa shape index (κ2) is 8.83.